The number of aliphatic hydroxyl groups excluding tert-OH is 1. The van der Waals surface area contributed by atoms with Gasteiger partial charge in [0.05, 0.1) is 17.8 Å². The number of hydrogen-bond donors (Lipinski definition) is 3. The van der Waals surface area contributed by atoms with Gasteiger partial charge in [-0.3, -0.25) is 4.99 Å². The molecule has 0 saturated heterocycles. The van der Waals surface area contributed by atoms with Gasteiger partial charge in [-0.2, -0.15) is 5.10 Å². The standard InChI is InChI=1S/C28H41N5O/c1-18(14-15-34)20(3)31-26(16-19(2)29)22-9-6-8-21(17-22)23-10-4-5-13-27(23)33-28(30)24-11-7-12-25(24)32-33/h6,8-9,17-18,20,23,27,29,34H,4-5,7,10-16,30H2,1-3H3. The lowest BCUT2D eigenvalue weighted by atomic mass is 9.79. The van der Waals surface area contributed by atoms with Crippen molar-refractivity contribution in [3.05, 3.63) is 46.6 Å². The minimum Gasteiger partial charge on any atom is -0.396 e. The largest absolute Gasteiger partial charge is 0.396 e. The number of aryl methyl sites for hydroxylation is 1. The molecule has 6 heteroatoms. The molecule has 0 bridgehead atoms. The molecule has 2 aliphatic rings. The predicted octanol–water partition coefficient (Wildman–Crippen LogP) is 5.48. The van der Waals surface area contributed by atoms with Crippen LogP contribution in [0.1, 0.15) is 100 Å². The van der Waals surface area contributed by atoms with Crippen molar-refractivity contribution >= 4 is 17.2 Å². The van der Waals surface area contributed by atoms with Crippen molar-refractivity contribution in [2.75, 3.05) is 12.3 Å². The summed E-state index contributed by atoms with van der Waals surface area (Å²) in [5, 5.41) is 22.4. The second-order valence-electron chi connectivity index (χ2n) is 10.5. The van der Waals surface area contributed by atoms with Gasteiger partial charge in [-0.25, -0.2) is 4.68 Å². The highest BCUT2D eigenvalue weighted by Crippen LogP contribution is 2.43. The summed E-state index contributed by atoms with van der Waals surface area (Å²) < 4.78 is 2.15. The highest BCUT2D eigenvalue weighted by Gasteiger charge is 2.32. The number of benzene rings is 1. The number of nitrogens with one attached hydrogen (secondary N) is 1. The van der Waals surface area contributed by atoms with Crippen molar-refractivity contribution in [3.63, 3.8) is 0 Å². The molecule has 1 aromatic heterocycles. The monoisotopic (exact) mass is 463 g/mol. The van der Waals surface area contributed by atoms with E-state index < -0.39 is 0 Å². The summed E-state index contributed by atoms with van der Waals surface area (Å²) in [7, 11) is 0. The number of anilines is 1. The molecular weight excluding hydrogens is 422 g/mol. The maximum Gasteiger partial charge on any atom is 0.125 e. The minimum atomic E-state index is 0.0962. The van der Waals surface area contributed by atoms with E-state index >= 15 is 0 Å². The van der Waals surface area contributed by atoms with Gasteiger partial charge >= 0.3 is 0 Å². The molecule has 2 aromatic rings. The van der Waals surface area contributed by atoms with Crippen LogP contribution in [-0.2, 0) is 12.8 Å². The molecule has 6 nitrogen and oxygen atoms in total. The van der Waals surface area contributed by atoms with Gasteiger partial charge in [0.25, 0.3) is 0 Å². The first kappa shape index (κ1) is 24.6. The Morgan fingerprint density at radius 3 is 2.76 bits per heavy atom. The van der Waals surface area contributed by atoms with Crippen LogP contribution in [-0.4, -0.2) is 39.0 Å². The number of aliphatic imine (C=N–C) groups is 1. The van der Waals surface area contributed by atoms with E-state index in [1.54, 1.807) is 0 Å². The summed E-state index contributed by atoms with van der Waals surface area (Å²) in [6.45, 7) is 6.27. The van der Waals surface area contributed by atoms with Crippen molar-refractivity contribution in [2.45, 2.75) is 96.6 Å². The summed E-state index contributed by atoms with van der Waals surface area (Å²) >= 11 is 0. The van der Waals surface area contributed by atoms with Gasteiger partial charge in [-0.05, 0) is 75.5 Å². The van der Waals surface area contributed by atoms with Gasteiger partial charge in [0.1, 0.15) is 5.82 Å². The molecule has 34 heavy (non-hydrogen) atoms. The van der Waals surface area contributed by atoms with Crippen molar-refractivity contribution < 1.29 is 5.11 Å². The molecule has 184 valence electrons. The summed E-state index contributed by atoms with van der Waals surface area (Å²) in [5.74, 6) is 1.56. The summed E-state index contributed by atoms with van der Waals surface area (Å²) in [6.07, 6.45) is 9.25. The van der Waals surface area contributed by atoms with E-state index in [4.69, 9.17) is 21.2 Å². The van der Waals surface area contributed by atoms with Gasteiger partial charge in [0.15, 0.2) is 0 Å². The Morgan fingerprint density at radius 2 is 2.03 bits per heavy atom. The summed E-state index contributed by atoms with van der Waals surface area (Å²) in [5.41, 5.74) is 13.1. The molecule has 0 amide bonds. The van der Waals surface area contributed by atoms with Crippen LogP contribution < -0.4 is 5.73 Å². The number of aliphatic hydroxyl groups is 1. The van der Waals surface area contributed by atoms with E-state index in [2.05, 4.69) is 42.8 Å². The number of fused-ring (bicyclic) bond motifs is 1. The lowest BCUT2D eigenvalue weighted by Gasteiger charge is -2.33. The second kappa shape index (κ2) is 10.9. The van der Waals surface area contributed by atoms with Crippen LogP contribution in [0.15, 0.2) is 29.3 Å². The lowest BCUT2D eigenvalue weighted by molar-refractivity contribution is 0.253. The van der Waals surface area contributed by atoms with E-state index in [0.29, 0.717) is 30.0 Å². The van der Waals surface area contributed by atoms with Crippen molar-refractivity contribution in [2.24, 2.45) is 10.9 Å². The first-order valence-electron chi connectivity index (χ1n) is 13.1. The predicted molar refractivity (Wildman–Crippen MR) is 140 cm³/mol. The fourth-order valence-corrected chi connectivity index (χ4v) is 5.72. The van der Waals surface area contributed by atoms with Crippen molar-refractivity contribution in [3.8, 4) is 0 Å². The summed E-state index contributed by atoms with van der Waals surface area (Å²) in [6, 6.07) is 9.19. The molecule has 0 spiro atoms. The van der Waals surface area contributed by atoms with Crippen LogP contribution in [0, 0.1) is 11.3 Å². The molecule has 4 atom stereocenters. The quantitative estimate of drug-likeness (QED) is 0.429. The molecule has 0 radical (unpaired) electrons. The van der Waals surface area contributed by atoms with Crippen LogP contribution in [0.2, 0.25) is 0 Å². The van der Waals surface area contributed by atoms with Gasteiger partial charge in [-0.1, -0.05) is 38.0 Å². The van der Waals surface area contributed by atoms with Crippen LogP contribution >= 0.6 is 0 Å². The highest BCUT2D eigenvalue weighted by atomic mass is 16.3. The Hall–Kier alpha value is -2.47. The van der Waals surface area contributed by atoms with E-state index in [9.17, 15) is 5.11 Å². The zero-order chi connectivity index (χ0) is 24.2. The third-order valence-electron chi connectivity index (χ3n) is 7.86. The van der Waals surface area contributed by atoms with Gasteiger partial charge < -0.3 is 16.2 Å². The number of hydrogen-bond acceptors (Lipinski definition) is 5. The maximum absolute atomic E-state index is 9.34. The van der Waals surface area contributed by atoms with Gasteiger partial charge in [-0.15, -0.1) is 0 Å². The lowest BCUT2D eigenvalue weighted by Crippen LogP contribution is -2.24. The third kappa shape index (κ3) is 5.27. The van der Waals surface area contributed by atoms with Crippen molar-refractivity contribution in [1.82, 2.24) is 9.78 Å². The molecule has 1 heterocycles. The molecule has 0 aliphatic heterocycles. The molecule has 1 fully saturated rings. The fraction of sp³-hybridized carbons (Fsp3) is 0.607. The van der Waals surface area contributed by atoms with Crippen molar-refractivity contribution in [1.29, 1.82) is 5.41 Å². The summed E-state index contributed by atoms with van der Waals surface area (Å²) in [4.78, 5) is 5.04. The fourth-order valence-electron chi connectivity index (χ4n) is 5.72. The van der Waals surface area contributed by atoms with E-state index in [0.717, 1.165) is 49.2 Å². The number of nitrogens with two attached hydrogens (primary N) is 1. The Morgan fingerprint density at radius 1 is 1.24 bits per heavy atom. The van der Waals surface area contributed by atoms with E-state index in [1.807, 2.05) is 6.92 Å². The third-order valence-corrected chi connectivity index (χ3v) is 7.86. The molecule has 1 saturated carbocycles. The Kier molecular flexibility index (Phi) is 7.87. The molecule has 4 rings (SSSR count). The number of nitrogens with zero attached hydrogens (tertiary/aromatic N) is 3. The first-order chi connectivity index (χ1) is 16.4. The Balaban J connectivity index is 1.65. The second-order valence-corrected chi connectivity index (χ2v) is 10.5. The smallest absolute Gasteiger partial charge is 0.125 e. The van der Waals surface area contributed by atoms with Crippen LogP contribution in [0.5, 0.6) is 0 Å². The molecular formula is C28H41N5O. The van der Waals surface area contributed by atoms with Gasteiger partial charge in [0, 0.05) is 35.9 Å². The normalized spacial score (nSPS) is 22.4. The number of rotatable bonds is 9. The molecule has 4 N–H and O–H groups in total. The highest BCUT2D eigenvalue weighted by molar-refractivity contribution is 6.11. The minimum absolute atomic E-state index is 0.0962. The Labute approximate surface area is 204 Å². The zero-order valence-corrected chi connectivity index (χ0v) is 21.1. The topological polar surface area (TPSA) is 100 Å². The SMILES string of the molecule is CC(=N)CC(=NC(C)C(C)CCO)c1cccc(C2CCCCC2n2nc3c(c2N)CCC3)c1. The number of nitrogen functional groups attached to an aromatic ring is 1. The molecule has 2 aliphatic carbocycles. The Bertz CT molecular complexity index is 1040. The van der Waals surface area contributed by atoms with Crippen LogP contribution in [0.25, 0.3) is 0 Å². The molecule has 1 aromatic carbocycles. The average molecular weight is 464 g/mol. The molecule has 4 unspecified atom stereocenters. The average Bonchev–Trinajstić information content (AvgIpc) is 3.41. The number of aromatic nitrogens is 2. The first-order valence-corrected chi connectivity index (χ1v) is 13.1. The maximum atomic E-state index is 9.34. The van der Waals surface area contributed by atoms with Gasteiger partial charge in [0.2, 0.25) is 0 Å². The van der Waals surface area contributed by atoms with Crippen LogP contribution in [0.3, 0.4) is 0 Å². The van der Waals surface area contributed by atoms with E-state index in [-0.39, 0.29) is 12.6 Å². The van der Waals surface area contributed by atoms with E-state index in [1.165, 1.54) is 36.1 Å². The van der Waals surface area contributed by atoms with Crippen LogP contribution in [0.4, 0.5) is 5.82 Å². The zero-order valence-electron chi connectivity index (χ0n) is 21.1.